The van der Waals surface area contributed by atoms with Gasteiger partial charge in [-0.3, -0.25) is 9.36 Å². The number of thioether (sulfide) groups is 1. The molecule has 7 rings (SSSR count). The smallest absolute Gasteiger partial charge is 0.354 e. The van der Waals surface area contributed by atoms with Gasteiger partial charge >= 0.3 is 5.97 Å². The fourth-order valence-electron chi connectivity index (χ4n) is 8.61. The van der Waals surface area contributed by atoms with Crippen LogP contribution < -0.4 is 10.4 Å². The summed E-state index contributed by atoms with van der Waals surface area (Å²) in [6.45, 7) is 8.23. The molecule has 0 atom stereocenters. The highest BCUT2D eigenvalue weighted by Gasteiger charge is 2.50. The molecule has 0 unspecified atom stereocenters. The number of hydrogen-bond acceptors (Lipinski definition) is 7. The summed E-state index contributed by atoms with van der Waals surface area (Å²) in [5.41, 5.74) is 8.36. The third-order valence-electron chi connectivity index (χ3n) is 11.2. The van der Waals surface area contributed by atoms with Crippen molar-refractivity contribution in [3.05, 3.63) is 118 Å². The van der Waals surface area contributed by atoms with Gasteiger partial charge < -0.3 is 18.8 Å². The fourth-order valence-corrected chi connectivity index (χ4v) is 14.2. The monoisotopic (exact) mass is 809 g/mol. The molecule has 0 radical (unpaired) electrons. The van der Waals surface area contributed by atoms with E-state index in [0.717, 1.165) is 70.5 Å². The lowest BCUT2D eigenvalue weighted by Gasteiger charge is -2.43. The average Bonchev–Trinajstić information content (AvgIpc) is 3.84. The topological polar surface area (TPSA) is 96.3 Å². The Morgan fingerprint density at radius 3 is 2.29 bits per heavy atom. The number of benzene rings is 3. The molecule has 9 nitrogen and oxygen atoms in total. The number of aryl methyl sites for hydroxylation is 4. The van der Waals surface area contributed by atoms with E-state index in [2.05, 4.69) is 92.2 Å². The van der Waals surface area contributed by atoms with Crippen molar-refractivity contribution in [2.24, 2.45) is 14.1 Å². The summed E-state index contributed by atoms with van der Waals surface area (Å²) in [4.78, 5) is 13.2. The molecular formula is C44H52ClN5O4SSi. The summed E-state index contributed by atoms with van der Waals surface area (Å²) < 4.78 is 18.5. The molecule has 0 saturated heterocycles. The molecule has 0 amide bonds. The van der Waals surface area contributed by atoms with Crippen LogP contribution >= 0.6 is 23.4 Å². The van der Waals surface area contributed by atoms with Crippen LogP contribution in [0.2, 0.25) is 10.1 Å². The Kier molecular flexibility index (Phi) is 12.0. The number of aromatic nitrogens is 5. The third-order valence-corrected chi connectivity index (χ3v) is 17.4. The van der Waals surface area contributed by atoms with Gasteiger partial charge in [0.2, 0.25) is 0 Å². The van der Waals surface area contributed by atoms with Crippen LogP contribution in [0.5, 0.6) is 0 Å². The van der Waals surface area contributed by atoms with Crippen molar-refractivity contribution in [2.45, 2.75) is 82.6 Å². The van der Waals surface area contributed by atoms with Crippen molar-refractivity contribution in [1.29, 1.82) is 0 Å². The molecule has 0 spiro atoms. The molecule has 0 bridgehead atoms. The standard InChI is InChI=1S/C44H52ClN5O4SSi/c1-44(2,3)56(32-16-9-7-10-17-32,33-18-11-8-12-19-33)54-27-31-26-30(46-49(31)5)28-55-29-37-40(38-21-13-14-24-50(38)47-37)39-36(45)23-22-35-34(20-15-25-51)42(43(52)53-6)48(4)41(35)39/h7-12,16-19,22-23,26,51H,13-15,20-21,24-25,27-29H2,1-6H3. The maximum Gasteiger partial charge on any atom is 0.354 e. The quantitative estimate of drug-likeness (QED) is 0.0881. The number of aliphatic hydroxyl groups excluding tert-OH is 1. The van der Waals surface area contributed by atoms with E-state index in [9.17, 15) is 9.90 Å². The lowest BCUT2D eigenvalue weighted by Crippen LogP contribution is -2.66. The van der Waals surface area contributed by atoms with Crippen molar-refractivity contribution < 1.29 is 19.1 Å². The van der Waals surface area contributed by atoms with Crippen LogP contribution in [0.15, 0.2) is 78.9 Å². The molecule has 294 valence electrons. The van der Waals surface area contributed by atoms with E-state index in [1.54, 1.807) is 11.8 Å². The van der Waals surface area contributed by atoms with Gasteiger partial charge in [-0.2, -0.15) is 10.2 Å². The van der Waals surface area contributed by atoms with Gasteiger partial charge in [-0.15, -0.1) is 11.8 Å². The third kappa shape index (κ3) is 7.40. The second-order valence-electron chi connectivity index (χ2n) is 15.7. The van der Waals surface area contributed by atoms with E-state index in [0.29, 0.717) is 41.7 Å². The van der Waals surface area contributed by atoms with E-state index in [-0.39, 0.29) is 11.6 Å². The van der Waals surface area contributed by atoms with E-state index in [4.69, 9.17) is 31.0 Å². The number of hydrogen-bond donors (Lipinski definition) is 1. The number of fused-ring (bicyclic) bond motifs is 2. The number of carbonyl (C=O) groups excluding carboxylic acids is 1. The molecular weight excluding hydrogens is 758 g/mol. The average molecular weight is 811 g/mol. The lowest BCUT2D eigenvalue weighted by atomic mass is 9.95. The normalized spacial score (nSPS) is 13.4. The minimum Gasteiger partial charge on any atom is -0.464 e. The highest BCUT2D eigenvalue weighted by molar-refractivity contribution is 7.97. The molecule has 56 heavy (non-hydrogen) atoms. The Balaban J connectivity index is 1.18. The number of methoxy groups -OCH3 is 1. The van der Waals surface area contributed by atoms with Crippen LogP contribution in [-0.2, 0) is 60.8 Å². The van der Waals surface area contributed by atoms with Crippen LogP contribution in [0.4, 0.5) is 0 Å². The Hall–Kier alpha value is -4.13. The number of ether oxygens (including phenoxy) is 1. The van der Waals surface area contributed by atoms with Crippen molar-refractivity contribution in [1.82, 2.24) is 24.1 Å². The van der Waals surface area contributed by atoms with Crippen LogP contribution in [0.3, 0.4) is 0 Å². The first kappa shape index (κ1) is 40.1. The van der Waals surface area contributed by atoms with Gasteiger partial charge in [-0.1, -0.05) is 99.1 Å². The second-order valence-corrected chi connectivity index (χ2v) is 21.4. The van der Waals surface area contributed by atoms with Crippen LogP contribution in [-0.4, -0.2) is 57.2 Å². The zero-order chi connectivity index (χ0) is 39.6. The molecule has 1 aliphatic rings. The van der Waals surface area contributed by atoms with E-state index < -0.39 is 14.3 Å². The number of rotatable bonds is 14. The van der Waals surface area contributed by atoms with Gasteiger partial charge in [0.15, 0.2) is 0 Å². The highest BCUT2D eigenvalue weighted by Crippen LogP contribution is 2.44. The molecule has 0 fully saturated rings. The van der Waals surface area contributed by atoms with E-state index >= 15 is 0 Å². The summed E-state index contributed by atoms with van der Waals surface area (Å²) in [5, 5.41) is 23.8. The molecule has 3 aromatic heterocycles. The first-order valence-corrected chi connectivity index (χ1v) is 22.9. The molecule has 3 aromatic carbocycles. The zero-order valence-corrected chi connectivity index (χ0v) is 35.8. The van der Waals surface area contributed by atoms with Crippen LogP contribution in [0.25, 0.3) is 22.0 Å². The fraction of sp³-hybridized carbons (Fsp3) is 0.386. The van der Waals surface area contributed by atoms with E-state index in [1.807, 2.05) is 35.5 Å². The Morgan fingerprint density at radius 2 is 1.64 bits per heavy atom. The Morgan fingerprint density at radius 1 is 0.946 bits per heavy atom. The number of halogens is 1. The summed E-state index contributed by atoms with van der Waals surface area (Å²) in [6, 6.07) is 27.5. The summed E-state index contributed by atoms with van der Waals surface area (Å²) in [7, 11) is 2.59. The molecule has 12 heteroatoms. The molecule has 1 N–H and O–H groups in total. The van der Waals surface area contributed by atoms with Gasteiger partial charge in [0.25, 0.3) is 8.32 Å². The lowest BCUT2D eigenvalue weighted by molar-refractivity contribution is 0.0589. The Bertz CT molecular complexity index is 2290. The van der Waals surface area contributed by atoms with Crippen molar-refractivity contribution >= 4 is 58.9 Å². The van der Waals surface area contributed by atoms with Crippen molar-refractivity contribution in [3.63, 3.8) is 0 Å². The number of nitrogens with zero attached hydrogens (tertiary/aromatic N) is 5. The first-order valence-electron chi connectivity index (χ1n) is 19.4. The largest absolute Gasteiger partial charge is 0.464 e. The predicted octanol–water partition coefficient (Wildman–Crippen LogP) is 7.99. The molecule has 6 aromatic rings. The first-order chi connectivity index (χ1) is 27.0. The minimum absolute atomic E-state index is 0.0291. The van der Waals surface area contributed by atoms with Crippen molar-refractivity contribution in [2.75, 3.05) is 13.7 Å². The highest BCUT2D eigenvalue weighted by atomic mass is 35.5. The Labute approximate surface area is 340 Å². The maximum atomic E-state index is 13.2. The summed E-state index contributed by atoms with van der Waals surface area (Å²) >= 11 is 8.93. The SMILES string of the molecule is COC(=O)c1c(CCCO)c2ccc(Cl)c(-c3c(CSCc4cc(CO[Si](c5ccccc5)(c5ccccc5)C(C)(C)C)n(C)n4)nn4c3CCCC4)c2n1C. The summed E-state index contributed by atoms with van der Waals surface area (Å²) in [5.74, 6) is 0.963. The number of esters is 1. The van der Waals surface area contributed by atoms with Gasteiger partial charge in [-0.05, 0) is 65.2 Å². The van der Waals surface area contributed by atoms with Gasteiger partial charge in [0.1, 0.15) is 5.69 Å². The molecule has 1 aliphatic heterocycles. The summed E-state index contributed by atoms with van der Waals surface area (Å²) in [6.07, 6.45) is 4.14. The maximum absolute atomic E-state index is 13.2. The predicted molar refractivity (Wildman–Crippen MR) is 229 cm³/mol. The van der Waals surface area contributed by atoms with E-state index in [1.165, 1.54) is 23.2 Å². The van der Waals surface area contributed by atoms with Crippen LogP contribution in [0, 0.1) is 0 Å². The molecule has 0 aliphatic carbocycles. The van der Waals surface area contributed by atoms with Gasteiger partial charge in [-0.25, -0.2) is 4.79 Å². The van der Waals surface area contributed by atoms with Gasteiger partial charge in [0.05, 0.1) is 41.3 Å². The number of carbonyl (C=O) groups is 1. The van der Waals surface area contributed by atoms with Crippen LogP contribution in [0.1, 0.15) is 78.9 Å². The van der Waals surface area contributed by atoms with Crippen molar-refractivity contribution in [3.8, 4) is 11.1 Å². The number of aliphatic hydroxyl groups is 1. The molecule has 0 saturated carbocycles. The molecule has 4 heterocycles. The van der Waals surface area contributed by atoms with Gasteiger partial charge in [0, 0.05) is 61.0 Å². The minimum atomic E-state index is -2.71. The zero-order valence-electron chi connectivity index (χ0n) is 33.3. The second kappa shape index (κ2) is 16.8.